The molecule has 2 aliphatic rings. The molecule has 0 aliphatic carbocycles. The van der Waals surface area contributed by atoms with Gasteiger partial charge in [0.15, 0.2) is 5.82 Å². The Morgan fingerprint density at radius 3 is 2.52 bits per heavy atom. The van der Waals surface area contributed by atoms with Gasteiger partial charge in [-0.3, -0.25) is 4.90 Å². The quantitative estimate of drug-likeness (QED) is 0.549. The van der Waals surface area contributed by atoms with Gasteiger partial charge in [-0.15, -0.1) is 0 Å². The largest absolute Gasteiger partial charge is 0.465 e. The van der Waals surface area contributed by atoms with Crippen molar-refractivity contribution in [3.8, 4) is 0 Å². The molecule has 0 unspecified atom stereocenters. The van der Waals surface area contributed by atoms with E-state index in [0.29, 0.717) is 18.9 Å². The Hall–Kier alpha value is -1.74. The van der Waals surface area contributed by atoms with Crippen molar-refractivity contribution >= 4 is 50.3 Å². The third kappa shape index (κ3) is 2.60. The van der Waals surface area contributed by atoms with Crippen molar-refractivity contribution in [1.29, 1.82) is 0 Å². The molecule has 10 heteroatoms. The van der Waals surface area contributed by atoms with Crippen molar-refractivity contribution in [3.05, 3.63) is 27.5 Å². The molecule has 0 spiro atoms. The molecule has 2 saturated heterocycles. The van der Waals surface area contributed by atoms with Crippen molar-refractivity contribution in [2.24, 2.45) is 0 Å². The number of aromatic nitrogens is 2. The molecule has 1 amide bonds. The zero-order chi connectivity index (χ0) is 17.9. The molecule has 2 aromatic rings. The van der Waals surface area contributed by atoms with E-state index in [4.69, 9.17) is 11.6 Å². The summed E-state index contributed by atoms with van der Waals surface area (Å²) < 4.78 is 28.1. The first-order valence-electron chi connectivity index (χ1n) is 7.63. The van der Waals surface area contributed by atoms with Crippen LogP contribution in [0, 0.1) is 11.6 Å². The molecule has 2 aliphatic heterocycles. The monoisotopic (exact) mass is 432 g/mol. The predicted molar refractivity (Wildman–Crippen MR) is 91.1 cm³/mol. The molecule has 2 fully saturated rings. The Morgan fingerprint density at radius 2 is 1.92 bits per heavy atom. The van der Waals surface area contributed by atoms with E-state index in [0.717, 1.165) is 12.8 Å². The molecule has 1 aromatic carbocycles. The highest BCUT2D eigenvalue weighted by Gasteiger charge is 2.43. The average molecular weight is 434 g/mol. The first-order valence-corrected chi connectivity index (χ1v) is 8.81. The number of piperazine rings is 1. The highest BCUT2D eigenvalue weighted by Crippen LogP contribution is 2.37. The van der Waals surface area contributed by atoms with Crippen LogP contribution in [-0.2, 0) is 0 Å². The third-order valence-corrected chi connectivity index (χ3v) is 5.68. The summed E-state index contributed by atoms with van der Waals surface area (Å²) in [4.78, 5) is 22.8. The van der Waals surface area contributed by atoms with Gasteiger partial charge in [0.25, 0.3) is 0 Å². The van der Waals surface area contributed by atoms with E-state index in [2.05, 4.69) is 25.9 Å². The van der Waals surface area contributed by atoms with E-state index < -0.39 is 17.7 Å². The number of nitrogens with zero attached hydrogens (tertiary/aromatic N) is 4. The van der Waals surface area contributed by atoms with Gasteiger partial charge in [-0.25, -0.2) is 18.6 Å². The van der Waals surface area contributed by atoms with Crippen molar-refractivity contribution in [1.82, 2.24) is 14.9 Å². The van der Waals surface area contributed by atoms with E-state index in [1.807, 2.05) is 4.90 Å². The lowest BCUT2D eigenvalue weighted by Crippen LogP contribution is -2.55. The number of carboxylic acid groups (broad SMARTS) is 1. The second-order valence-electron chi connectivity index (χ2n) is 6.18. The van der Waals surface area contributed by atoms with Gasteiger partial charge < -0.3 is 10.0 Å². The van der Waals surface area contributed by atoms with Crippen LogP contribution in [0.3, 0.4) is 0 Å². The molecule has 2 bridgehead atoms. The summed E-state index contributed by atoms with van der Waals surface area (Å²) in [5, 5.41) is 9.42. The van der Waals surface area contributed by atoms with E-state index >= 15 is 0 Å². The summed E-state index contributed by atoms with van der Waals surface area (Å²) in [6.45, 7) is 0.787. The van der Waals surface area contributed by atoms with E-state index in [1.54, 1.807) is 0 Å². The molecule has 4 rings (SSSR count). The van der Waals surface area contributed by atoms with Gasteiger partial charge in [0.2, 0.25) is 5.28 Å². The van der Waals surface area contributed by atoms with Gasteiger partial charge in [0.05, 0.1) is 16.6 Å². The molecule has 0 radical (unpaired) electrons. The Kier molecular flexibility index (Phi) is 3.95. The molecule has 1 aromatic heterocycles. The first kappa shape index (κ1) is 16.7. The average Bonchev–Trinajstić information content (AvgIpc) is 2.84. The second kappa shape index (κ2) is 5.91. The van der Waals surface area contributed by atoms with Gasteiger partial charge in [0, 0.05) is 18.5 Å². The Labute approximate surface area is 154 Å². The van der Waals surface area contributed by atoms with Crippen LogP contribution >= 0.6 is 27.5 Å². The van der Waals surface area contributed by atoms with Crippen LogP contribution < -0.4 is 4.90 Å². The highest BCUT2D eigenvalue weighted by atomic mass is 79.9. The zero-order valence-electron chi connectivity index (χ0n) is 12.7. The van der Waals surface area contributed by atoms with Gasteiger partial charge in [-0.1, -0.05) is 0 Å². The summed E-state index contributed by atoms with van der Waals surface area (Å²) in [5.41, 5.74) is -0.0729. The number of anilines is 1. The molecule has 3 heterocycles. The van der Waals surface area contributed by atoms with Gasteiger partial charge >= 0.3 is 6.09 Å². The fraction of sp³-hybridized carbons (Fsp3) is 0.400. The number of fused-ring (bicyclic) bond motifs is 3. The number of halogens is 4. The molecule has 25 heavy (non-hydrogen) atoms. The molecule has 0 saturated carbocycles. The number of amides is 1. The maximum atomic E-state index is 14.4. The normalized spacial score (nSPS) is 22.7. The summed E-state index contributed by atoms with van der Waals surface area (Å²) in [6, 6.07) is 0.815. The van der Waals surface area contributed by atoms with Gasteiger partial charge in [-0.05, 0) is 46.4 Å². The van der Waals surface area contributed by atoms with Crippen molar-refractivity contribution in [2.45, 2.75) is 24.9 Å². The van der Waals surface area contributed by atoms with Crippen LogP contribution in [0.15, 0.2) is 10.5 Å². The minimum Gasteiger partial charge on any atom is -0.465 e. The maximum absolute atomic E-state index is 14.4. The fourth-order valence-corrected chi connectivity index (χ4v) is 4.23. The van der Waals surface area contributed by atoms with E-state index in [-0.39, 0.29) is 32.7 Å². The smallest absolute Gasteiger partial charge is 0.407 e. The summed E-state index contributed by atoms with van der Waals surface area (Å²) >= 11 is 8.80. The van der Waals surface area contributed by atoms with Crippen molar-refractivity contribution < 1.29 is 18.7 Å². The Balaban J connectivity index is 1.82. The molecule has 1 N–H and O–H groups in total. The Morgan fingerprint density at radius 1 is 1.28 bits per heavy atom. The number of rotatable bonds is 1. The number of hydrogen-bond donors (Lipinski definition) is 1. The topological polar surface area (TPSA) is 69.6 Å². The number of benzene rings is 1. The number of hydrogen-bond acceptors (Lipinski definition) is 4. The van der Waals surface area contributed by atoms with E-state index in [9.17, 15) is 18.7 Å². The molecule has 132 valence electrons. The van der Waals surface area contributed by atoms with Crippen LogP contribution in [0.2, 0.25) is 5.28 Å². The van der Waals surface area contributed by atoms with Crippen LogP contribution in [-0.4, -0.2) is 51.2 Å². The minimum atomic E-state index is -0.946. The zero-order valence-corrected chi connectivity index (χ0v) is 15.1. The maximum Gasteiger partial charge on any atom is 0.407 e. The van der Waals surface area contributed by atoms with Crippen LogP contribution in [0.5, 0.6) is 0 Å². The van der Waals surface area contributed by atoms with Crippen molar-refractivity contribution in [2.75, 3.05) is 18.0 Å². The predicted octanol–water partition coefficient (Wildman–Crippen LogP) is 3.65. The molecule has 2 atom stereocenters. The SMILES string of the molecule is O=C(O)N1[C@@H]2CC[C@H]1CN(c1nc(Cl)nc3c(F)c(Br)c(F)cc13)C2. The minimum absolute atomic E-state index is 0.0729. The van der Waals surface area contributed by atoms with Crippen molar-refractivity contribution in [3.63, 3.8) is 0 Å². The van der Waals surface area contributed by atoms with Crippen LogP contribution in [0.1, 0.15) is 12.8 Å². The lowest BCUT2D eigenvalue weighted by Gasteiger charge is -2.40. The molecular weight excluding hydrogens is 422 g/mol. The lowest BCUT2D eigenvalue weighted by molar-refractivity contribution is 0.114. The van der Waals surface area contributed by atoms with Gasteiger partial charge in [-0.2, -0.15) is 4.98 Å². The fourth-order valence-electron chi connectivity index (χ4n) is 3.76. The van der Waals surface area contributed by atoms with E-state index in [1.165, 1.54) is 11.0 Å². The molecule has 6 nitrogen and oxygen atoms in total. The third-order valence-electron chi connectivity index (χ3n) is 4.78. The number of carbonyl (C=O) groups is 1. The Bertz CT molecular complexity index is 886. The van der Waals surface area contributed by atoms with Crippen LogP contribution in [0.4, 0.5) is 19.4 Å². The first-order chi connectivity index (χ1) is 11.9. The highest BCUT2D eigenvalue weighted by molar-refractivity contribution is 9.10. The lowest BCUT2D eigenvalue weighted by atomic mass is 10.1. The summed E-state index contributed by atoms with van der Waals surface area (Å²) in [6.07, 6.45) is 0.551. The van der Waals surface area contributed by atoms with Crippen LogP contribution in [0.25, 0.3) is 10.9 Å². The summed E-state index contributed by atoms with van der Waals surface area (Å²) in [5.74, 6) is -1.28. The summed E-state index contributed by atoms with van der Waals surface area (Å²) in [7, 11) is 0. The second-order valence-corrected chi connectivity index (χ2v) is 7.31. The van der Waals surface area contributed by atoms with Gasteiger partial charge in [0.1, 0.15) is 17.2 Å². The molecular formula is C15H12BrClF2N4O2. The standard InChI is InChI=1S/C15H12BrClF2N4O2/c16-10-9(18)3-8-12(11(10)19)20-14(17)21-13(8)22-4-6-1-2-7(5-22)23(6)15(24)25/h3,6-7H,1-2,4-5H2,(H,24,25)/t6-,7+.